The van der Waals surface area contributed by atoms with E-state index in [0.717, 1.165) is 29.8 Å². The molecular formula is C19H21N3O3. The maximum atomic E-state index is 12.7. The van der Waals surface area contributed by atoms with Gasteiger partial charge >= 0.3 is 0 Å². The predicted molar refractivity (Wildman–Crippen MR) is 95.1 cm³/mol. The lowest BCUT2D eigenvalue weighted by molar-refractivity contribution is 0.0925. The van der Waals surface area contributed by atoms with E-state index in [-0.39, 0.29) is 18.1 Å². The van der Waals surface area contributed by atoms with Gasteiger partial charge < -0.3 is 25.4 Å². The summed E-state index contributed by atoms with van der Waals surface area (Å²) >= 11 is 0. The molecule has 6 nitrogen and oxygen atoms in total. The molecule has 130 valence electrons. The summed E-state index contributed by atoms with van der Waals surface area (Å²) in [4.78, 5) is 14.9. The van der Waals surface area contributed by atoms with Crippen molar-refractivity contribution >= 4 is 11.6 Å². The van der Waals surface area contributed by atoms with Gasteiger partial charge in [0, 0.05) is 12.6 Å². The Labute approximate surface area is 146 Å². The van der Waals surface area contributed by atoms with E-state index in [4.69, 9.17) is 15.2 Å². The number of hydrogen-bond acceptors (Lipinski definition) is 5. The van der Waals surface area contributed by atoms with Gasteiger partial charge in [0.15, 0.2) is 11.5 Å². The van der Waals surface area contributed by atoms with E-state index in [1.807, 2.05) is 36.4 Å². The normalized spacial score (nSPS) is 21.4. The molecule has 2 atom stereocenters. The molecule has 0 radical (unpaired) electrons. The first kappa shape index (κ1) is 15.8. The number of carbonyl (C=O) groups excluding carboxylic acids is 1. The number of rotatable bonds is 3. The number of nitrogens with two attached hydrogens (primary N) is 1. The lowest BCUT2D eigenvalue weighted by Gasteiger charge is -2.44. The number of benzene rings is 2. The molecule has 2 aliphatic heterocycles. The molecule has 4 rings (SSSR count). The Morgan fingerprint density at radius 3 is 2.72 bits per heavy atom. The number of para-hydroxylation sites is 1. The fourth-order valence-electron chi connectivity index (χ4n) is 3.73. The number of methoxy groups -OCH3 is 2. The van der Waals surface area contributed by atoms with Gasteiger partial charge in [-0.3, -0.25) is 4.79 Å². The van der Waals surface area contributed by atoms with Crippen LogP contribution in [0.3, 0.4) is 0 Å². The van der Waals surface area contributed by atoms with Gasteiger partial charge in [-0.15, -0.1) is 0 Å². The first-order valence-corrected chi connectivity index (χ1v) is 8.32. The Kier molecular flexibility index (Phi) is 3.77. The van der Waals surface area contributed by atoms with Gasteiger partial charge in [-0.05, 0) is 35.7 Å². The van der Waals surface area contributed by atoms with Gasteiger partial charge in [-0.25, -0.2) is 0 Å². The molecule has 0 fully saturated rings. The molecule has 0 aromatic heterocycles. The van der Waals surface area contributed by atoms with Crippen molar-refractivity contribution in [3.05, 3.63) is 53.1 Å². The van der Waals surface area contributed by atoms with Crippen molar-refractivity contribution in [2.24, 2.45) is 5.73 Å². The number of hydrogen-bond donors (Lipinski definition) is 2. The second-order valence-electron chi connectivity index (χ2n) is 6.32. The maximum Gasteiger partial charge on any atom is 0.255 e. The topological polar surface area (TPSA) is 76.8 Å². The average Bonchev–Trinajstić information content (AvgIpc) is 2.65. The second kappa shape index (κ2) is 5.97. The fraction of sp³-hybridized carbons (Fsp3) is 0.316. The highest BCUT2D eigenvalue weighted by atomic mass is 16.5. The molecule has 3 N–H and O–H groups in total. The van der Waals surface area contributed by atoms with E-state index in [1.54, 1.807) is 14.2 Å². The van der Waals surface area contributed by atoms with Crippen LogP contribution in [0.25, 0.3) is 0 Å². The van der Waals surface area contributed by atoms with Gasteiger partial charge in [-0.2, -0.15) is 0 Å². The highest BCUT2D eigenvalue weighted by Crippen LogP contribution is 2.43. The third-order valence-electron chi connectivity index (χ3n) is 4.98. The van der Waals surface area contributed by atoms with Crippen molar-refractivity contribution in [1.82, 2.24) is 5.32 Å². The van der Waals surface area contributed by atoms with Crippen molar-refractivity contribution in [3.8, 4) is 11.5 Å². The van der Waals surface area contributed by atoms with Crippen molar-refractivity contribution in [2.45, 2.75) is 18.6 Å². The van der Waals surface area contributed by atoms with Crippen LogP contribution in [0.1, 0.15) is 40.1 Å². The minimum atomic E-state index is -0.256. The quantitative estimate of drug-likeness (QED) is 0.898. The van der Waals surface area contributed by atoms with Crippen LogP contribution in [0.5, 0.6) is 11.5 Å². The van der Waals surface area contributed by atoms with Gasteiger partial charge in [0.05, 0.1) is 25.5 Å². The van der Waals surface area contributed by atoms with Crippen LogP contribution in [0.4, 0.5) is 5.69 Å². The first-order valence-electron chi connectivity index (χ1n) is 8.32. The first-order chi connectivity index (χ1) is 12.1. The van der Waals surface area contributed by atoms with Crippen molar-refractivity contribution in [2.75, 3.05) is 25.7 Å². The molecule has 0 spiro atoms. The van der Waals surface area contributed by atoms with Crippen LogP contribution in [0.15, 0.2) is 36.4 Å². The SMILES string of the molecule is COc1ccc([C@H]2NC(=O)c3cccc4c3N2CC[C@@H]4N)cc1OC. The maximum absolute atomic E-state index is 12.7. The molecule has 0 unspecified atom stereocenters. The molecule has 2 aliphatic rings. The summed E-state index contributed by atoms with van der Waals surface area (Å²) in [6, 6.07) is 11.4. The van der Waals surface area contributed by atoms with Crippen LogP contribution >= 0.6 is 0 Å². The third kappa shape index (κ3) is 2.41. The van der Waals surface area contributed by atoms with Crippen LogP contribution in [-0.2, 0) is 0 Å². The summed E-state index contributed by atoms with van der Waals surface area (Å²) in [5.41, 5.74) is 9.89. The molecule has 2 aromatic carbocycles. The van der Waals surface area contributed by atoms with E-state index in [9.17, 15) is 4.79 Å². The fourth-order valence-corrected chi connectivity index (χ4v) is 3.73. The Balaban J connectivity index is 1.82. The van der Waals surface area contributed by atoms with Crippen LogP contribution < -0.4 is 25.4 Å². The van der Waals surface area contributed by atoms with Gasteiger partial charge in [0.1, 0.15) is 6.17 Å². The number of carbonyl (C=O) groups is 1. The zero-order valence-electron chi connectivity index (χ0n) is 14.3. The minimum Gasteiger partial charge on any atom is -0.493 e. The molecule has 0 aliphatic carbocycles. The zero-order chi connectivity index (χ0) is 17.6. The Morgan fingerprint density at radius 2 is 1.96 bits per heavy atom. The summed E-state index contributed by atoms with van der Waals surface area (Å²) in [5, 5.41) is 3.10. The minimum absolute atomic E-state index is 0.0387. The average molecular weight is 339 g/mol. The second-order valence-corrected chi connectivity index (χ2v) is 6.32. The number of nitrogens with zero attached hydrogens (tertiary/aromatic N) is 1. The van der Waals surface area contributed by atoms with Crippen molar-refractivity contribution in [3.63, 3.8) is 0 Å². The van der Waals surface area contributed by atoms with E-state index in [1.165, 1.54) is 0 Å². The van der Waals surface area contributed by atoms with Crippen LogP contribution in [0, 0.1) is 0 Å². The number of amides is 1. The number of nitrogens with one attached hydrogen (secondary N) is 1. The molecule has 2 heterocycles. The highest BCUT2D eigenvalue weighted by molar-refractivity contribution is 6.03. The Morgan fingerprint density at radius 1 is 1.16 bits per heavy atom. The molecule has 0 saturated heterocycles. The lowest BCUT2D eigenvalue weighted by Crippen LogP contribution is -2.49. The van der Waals surface area contributed by atoms with Crippen molar-refractivity contribution in [1.29, 1.82) is 0 Å². The van der Waals surface area contributed by atoms with Crippen LogP contribution in [-0.4, -0.2) is 26.7 Å². The van der Waals surface area contributed by atoms with E-state index in [2.05, 4.69) is 10.2 Å². The number of anilines is 1. The molecule has 2 aromatic rings. The Bertz CT molecular complexity index is 837. The number of ether oxygens (including phenoxy) is 2. The summed E-state index contributed by atoms with van der Waals surface area (Å²) in [5.74, 6) is 1.22. The predicted octanol–water partition coefficient (Wildman–Crippen LogP) is 2.36. The van der Waals surface area contributed by atoms with Crippen LogP contribution in [0.2, 0.25) is 0 Å². The van der Waals surface area contributed by atoms with Crippen molar-refractivity contribution < 1.29 is 14.3 Å². The smallest absolute Gasteiger partial charge is 0.255 e. The lowest BCUT2D eigenvalue weighted by atomic mass is 9.90. The van der Waals surface area contributed by atoms with Gasteiger partial charge in [0.25, 0.3) is 5.91 Å². The molecule has 1 amide bonds. The third-order valence-corrected chi connectivity index (χ3v) is 4.98. The van der Waals surface area contributed by atoms with E-state index >= 15 is 0 Å². The summed E-state index contributed by atoms with van der Waals surface area (Å²) in [7, 11) is 3.21. The molecular weight excluding hydrogens is 318 g/mol. The molecule has 6 heteroatoms. The molecule has 0 saturated carbocycles. The summed E-state index contributed by atoms with van der Waals surface area (Å²) in [6.45, 7) is 0.782. The van der Waals surface area contributed by atoms with E-state index in [0.29, 0.717) is 17.1 Å². The standard InChI is InChI=1S/C19H21N3O3/c1-24-15-7-6-11(10-16(15)25-2)18-21-19(23)13-5-3-4-12-14(20)8-9-22(18)17(12)13/h3-7,10,14,18H,8-9,20H2,1-2H3,(H,21,23)/t14-,18-/m0/s1. The van der Waals surface area contributed by atoms with E-state index < -0.39 is 0 Å². The highest BCUT2D eigenvalue weighted by Gasteiger charge is 2.37. The largest absolute Gasteiger partial charge is 0.493 e. The molecule has 0 bridgehead atoms. The summed E-state index contributed by atoms with van der Waals surface area (Å²) in [6.07, 6.45) is 0.587. The summed E-state index contributed by atoms with van der Waals surface area (Å²) < 4.78 is 10.7. The zero-order valence-corrected chi connectivity index (χ0v) is 14.3. The Hall–Kier alpha value is -2.73. The van der Waals surface area contributed by atoms with Gasteiger partial charge in [-0.1, -0.05) is 18.2 Å². The monoisotopic (exact) mass is 339 g/mol. The van der Waals surface area contributed by atoms with Gasteiger partial charge in [0.2, 0.25) is 0 Å². The molecule has 25 heavy (non-hydrogen) atoms.